The van der Waals surface area contributed by atoms with Crippen LogP contribution < -0.4 is 10.6 Å². The standard InChI is InChI=1S/C23H18N4O/c28-23-22-19(10-12-25-23)27-20(15-5-2-1-3-6-15)14-21(22)26-17-8-9-18-16(13-17)7-4-11-24-18/h1-9,11,13-14H,10,12H2,(H,25,28)(H,26,27). The molecule has 1 amide bonds. The van der Waals surface area contributed by atoms with Gasteiger partial charge in [-0.2, -0.15) is 0 Å². The molecule has 0 radical (unpaired) electrons. The van der Waals surface area contributed by atoms with Crippen LogP contribution in [0.3, 0.4) is 0 Å². The van der Waals surface area contributed by atoms with E-state index in [-0.39, 0.29) is 5.91 Å². The van der Waals surface area contributed by atoms with Crippen molar-refractivity contribution >= 4 is 28.2 Å². The summed E-state index contributed by atoms with van der Waals surface area (Å²) in [5, 5.41) is 7.41. The molecule has 136 valence electrons. The molecule has 2 aromatic carbocycles. The summed E-state index contributed by atoms with van der Waals surface area (Å²) >= 11 is 0. The number of anilines is 2. The number of carbonyl (C=O) groups is 1. The van der Waals surface area contributed by atoms with Gasteiger partial charge in [0.2, 0.25) is 0 Å². The third-order valence-corrected chi connectivity index (χ3v) is 4.92. The largest absolute Gasteiger partial charge is 0.355 e. The van der Waals surface area contributed by atoms with Gasteiger partial charge in [0.15, 0.2) is 0 Å². The van der Waals surface area contributed by atoms with Crippen LogP contribution in [0.25, 0.3) is 22.2 Å². The van der Waals surface area contributed by atoms with Gasteiger partial charge >= 0.3 is 0 Å². The second kappa shape index (κ2) is 6.78. The van der Waals surface area contributed by atoms with Gasteiger partial charge in [-0.05, 0) is 30.3 Å². The third-order valence-electron chi connectivity index (χ3n) is 4.92. The Hall–Kier alpha value is -3.73. The number of fused-ring (bicyclic) bond motifs is 2. The van der Waals surface area contributed by atoms with Crippen molar-refractivity contribution in [3.05, 3.63) is 84.2 Å². The number of carbonyl (C=O) groups excluding carboxylic acids is 1. The van der Waals surface area contributed by atoms with Crippen LogP contribution in [0.4, 0.5) is 11.4 Å². The second-order valence-electron chi connectivity index (χ2n) is 6.78. The maximum atomic E-state index is 12.6. The summed E-state index contributed by atoms with van der Waals surface area (Å²) < 4.78 is 0. The van der Waals surface area contributed by atoms with E-state index in [4.69, 9.17) is 4.98 Å². The van der Waals surface area contributed by atoms with Crippen LogP contribution in [0.5, 0.6) is 0 Å². The molecule has 0 bridgehead atoms. The first-order valence-corrected chi connectivity index (χ1v) is 9.27. The van der Waals surface area contributed by atoms with Crippen LogP contribution in [-0.4, -0.2) is 22.4 Å². The molecule has 4 aromatic rings. The van der Waals surface area contributed by atoms with Gasteiger partial charge < -0.3 is 10.6 Å². The van der Waals surface area contributed by atoms with Crippen molar-refractivity contribution in [3.63, 3.8) is 0 Å². The van der Waals surface area contributed by atoms with Crippen molar-refractivity contribution < 1.29 is 4.79 Å². The smallest absolute Gasteiger partial charge is 0.255 e. The molecular weight excluding hydrogens is 348 g/mol. The highest BCUT2D eigenvalue weighted by molar-refractivity contribution is 6.03. The number of nitrogens with one attached hydrogen (secondary N) is 2. The predicted molar refractivity (Wildman–Crippen MR) is 111 cm³/mol. The van der Waals surface area contributed by atoms with E-state index < -0.39 is 0 Å². The number of pyridine rings is 2. The average molecular weight is 366 g/mol. The second-order valence-corrected chi connectivity index (χ2v) is 6.78. The highest BCUT2D eigenvalue weighted by Gasteiger charge is 2.23. The lowest BCUT2D eigenvalue weighted by Crippen LogP contribution is -2.33. The first kappa shape index (κ1) is 16.4. The van der Waals surface area contributed by atoms with Gasteiger partial charge in [-0.1, -0.05) is 36.4 Å². The van der Waals surface area contributed by atoms with Gasteiger partial charge in [-0.25, -0.2) is 0 Å². The van der Waals surface area contributed by atoms with Crippen LogP contribution in [0.15, 0.2) is 72.9 Å². The normalized spacial score (nSPS) is 13.1. The summed E-state index contributed by atoms with van der Waals surface area (Å²) in [6, 6.07) is 21.9. The molecule has 0 aliphatic carbocycles. The number of aromatic nitrogens is 2. The third kappa shape index (κ3) is 2.97. The topological polar surface area (TPSA) is 66.9 Å². The van der Waals surface area contributed by atoms with Gasteiger partial charge in [0.05, 0.1) is 28.2 Å². The van der Waals surface area contributed by atoms with Crippen LogP contribution in [-0.2, 0) is 6.42 Å². The van der Waals surface area contributed by atoms with Gasteiger partial charge in [-0.15, -0.1) is 0 Å². The minimum absolute atomic E-state index is 0.0849. The zero-order chi connectivity index (χ0) is 18.9. The van der Waals surface area contributed by atoms with Crippen molar-refractivity contribution in [2.24, 2.45) is 0 Å². The molecule has 28 heavy (non-hydrogen) atoms. The molecule has 2 aromatic heterocycles. The molecule has 5 nitrogen and oxygen atoms in total. The van der Waals surface area contributed by atoms with Gasteiger partial charge in [0.25, 0.3) is 5.91 Å². The van der Waals surface area contributed by atoms with Crippen LogP contribution in [0.2, 0.25) is 0 Å². The van der Waals surface area contributed by atoms with Crippen LogP contribution >= 0.6 is 0 Å². The molecule has 0 spiro atoms. The summed E-state index contributed by atoms with van der Waals surface area (Å²) in [6.07, 6.45) is 2.50. The number of amides is 1. The Kier molecular flexibility index (Phi) is 3.98. The quantitative estimate of drug-likeness (QED) is 0.566. The first-order chi connectivity index (χ1) is 13.8. The minimum atomic E-state index is -0.0849. The Bertz CT molecular complexity index is 1190. The van der Waals surface area contributed by atoms with E-state index >= 15 is 0 Å². The van der Waals surface area contributed by atoms with Crippen molar-refractivity contribution in [3.8, 4) is 11.3 Å². The predicted octanol–water partition coefficient (Wildman–Crippen LogP) is 4.33. The Morgan fingerprint density at radius 1 is 0.964 bits per heavy atom. The SMILES string of the molecule is O=C1NCCc2nc(-c3ccccc3)cc(Nc3ccc4ncccc4c3)c21. The first-order valence-electron chi connectivity index (χ1n) is 9.27. The molecule has 0 saturated carbocycles. The molecule has 3 heterocycles. The fourth-order valence-corrected chi connectivity index (χ4v) is 3.58. The maximum absolute atomic E-state index is 12.6. The van der Waals surface area contributed by atoms with Gasteiger partial charge in [-0.3, -0.25) is 14.8 Å². The zero-order valence-electron chi connectivity index (χ0n) is 15.1. The Labute approximate surface area is 162 Å². The average Bonchev–Trinajstić information content (AvgIpc) is 2.74. The number of hydrogen-bond donors (Lipinski definition) is 2. The molecule has 2 N–H and O–H groups in total. The molecule has 1 aliphatic rings. The van der Waals surface area contributed by atoms with E-state index in [9.17, 15) is 4.79 Å². The van der Waals surface area contributed by atoms with Crippen molar-refractivity contribution in [1.82, 2.24) is 15.3 Å². The Morgan fingerprint density at radius 2 is 1.86 bits per heavy atom. The molecule has 1 aliphatic heterocycles. The highest BCUT2D eigenvalue weighted by atomic mass is 16.1. The lowest BCUT2D eigenvalue weighted by Gasteiger charge is -2.21. The number of hydrogen-bond acceptors (Lipinski definition) is 4. The maximum Gasteiger partial charge on any atom is 0.255 e. The minimum Gasteiger partial charge on any atom is -0.355 e. The van der Waals surface area contributed by atoms with Crippen molar-refractivity contribution in [2.45, 2.75) is 6.42 Å². The summed E-state index contributed by atoms with van der Waals surface area (Å²) in [5.41, 5.74) is 5.96. The fourth-order valence-electron chi connectivity index (χ4n) is 3.58. The molecule has 5 rings (SSSR count). The highest BCUT2D eigenvalue weighted by Crippen LogP contribution is 2.31. The van der Waals surface area contributed by atoms with E-state index in [0.29, 0.717) is 12.1 Å². The van der Waals surface area contributed by atoms with E-state index in [1.807, 2.05) is 66.7 Å². The summed E-state index contributed by atoms with van der Waals surface area (Å²) in [7, 11) is 0. The Morgan fingerprint density at radius 3 is 2.75 bits per heavy atom. The van der Waals surface area contributed by atoms with Crippen LogP contribution in [0, 0.1) is 0 Å². The zero-order valence-corrected chi connectivity index (χ0v) is 15.1. The summed E-state index contributed by atoms with van der Waals surface area (Å²) in [6.45, 7) is 0.609. The number of nitrogens with zero attached hydrogens (tertiary/aromatic N) is 2. The molecular formula is C23H18N4O. The van der Waals surface area contributed by atoms with Crippen molar-refractivity contribution in [1.29, 1.82) is 0 Å². The van der Waals surface area contributed by atoms with E-state index in [1.165, 1.54) is 0 Å². The molecule has 0 fully saturated rings. The lowest BCUT2D eigenvalue weighted by molar-refractivity contribution is 0.0946. The Balaban J connectivity index is 1.63. The fraction of sp³-hybridized carbons (Fsp3) is 0.0870. The van der Waals surface area contributed by atoms with E-state index in [0.717, 1.165) is 45.6 Å². The van der Waals surface area contributed by atoms with E-state index in [1.54, 1.807) is 6.20 Å². The monoisotopic (exact) mass is 366 g/mol. The molecule has 0 atom stereocenters. The van der Waals surface area contributed by atoms with E-state index in [2.05, 4.69) is 15.6 Å². The molecule has 0 unspecified atom stereocenters. The number of rotatable bonds is 3. The van der Waals surface area contributed by atoms with Gasteiger partial charge in [0, 0.05) is 35.8 Å². The molecule has 0 saturated heterocycles. The van der Waals surface area contributed by atoms with Gasteiger partial charge in [0.1, 0.15) is 0 Å². The van der Waals surface area contributed by atoms with Crippen LogP contribution in [0.1, 0.15) is 16.1 Å². The number of benzene rings is 2. The summed E-state index contributed by atoms with van der Waals surface area (Å²) in [4.78, 5) is 21.7. The van der Waals surface area contributed by atoms with Crippen molar-refractivity contribution in [2.75, 3.05) is 11.9 Å². The molecule has 5 heteroatoms. The summed E-state index contributed by atoms with van der Waals surface area (Å²) in [5.74, 6) is -0.0849. The lowest BCUT2D eigenvalue weighted by atomic mass is 10.0.